The Morgan fingerprint density at radius 3 is 2.47 bits per heavy atom. The fourth-order valence-corrected chi connectivity index (χ4v) is 1.59. The van der Waals surface area contributed by atoms with Crippen molar-refractivity contribution in [2.45, 2.75) is 40.0 Å². The SMILES string of the molecule is CCCCC(CO)C(C)/C=C(\C)C(=O)O. The summed E-state index contributed by atoms with van der Waals surface area (Å²) in [5.41, 5.74) is 0.359. The molecule has 0 saturated heterocycles. The van der Waals surface area contributed by atoms with Crippen LogP contribution in [-0.4, -0.2) is 22.8 Å². The topological polar surface area (TPSA) is 57.5 Å². The lowest BCUT2D eigenvalue weighted by Crippen LogP contribution is -2.15. The van der Waals surface area contributed by atoms with Gasteiger partial charge in [-0.15, -0.1) is 0 Å². The van der Waals surface area contributed by atoms with Gasteiger partial charge < -0.3 is 10.2 Å². The van der Waals surface area contributed by atoms with Crippen LogP contribution in [0.1, 0.15) is 40.0 Å². The number of carbonyl (C=O) groups is 1. The molecule has 0 aliphatic rings. The zero-order valence-corrected chi connectivity index (χ0v) is 9.86. The van der Waals surface area contributed by atoms with Crippen LogP contribution in [-0.2, 0) is 4.79 Å². The summed E-state index contributed by atoms with van der Waals surface area (Å²) in [5, 5.41) is 17.9. The first kappa shape index (κ1) is 14.2. The molecule has 3 nitrogen and oxygen atoms in total. The number of aliphatic hydroxyl groups excluding tert-OH is 1. The molecule has 88 valence electrons. The Labute approximate surface area is 91.8 Å². The molecule has 0 aromatic carbocycles. The van der Waals surface area contributed by atoms with E-state index in [1.807, 2.05) is 6.92 Å². The van der Waals surface area contributed by atoms with Crippen molar-refractivity contribution in [1.82, 2.24) is 0 Å². The van der Waals surface area contributed by atoms with Crippen molar-refractivity contribution < 1.29 is 15.0 Å². The standard InChI is InChI=1S/C12H22O3/c1-4-5-6-11(8-13)9(2)7-10(3)12(14)15/h7,9,11,13H,4-6,8H2,1-3H3,(H,14,15)/b10-7+. The predicted octanol–water partition coefficient (Wildman–Crippen LogP) is 2.45. The summed E-state index contributed by atoms with van der Waals surface area (Å²) in [6.07, 6.45) is 4.87. The van der Waals surface area contributed by atoms with E-state index in [9.17, 15) is 9.90 Å². The van der Waals surface area contributed by atoms with E-state index in [1.54, 1.807) is 13.0 Å². The van der Waals surface area contributed by atoms with Gasteiger partial charge in [-0.1, -0.05) is 32.8 Å². The Kier molecular flexibility index (Phi) is 7.05. The smallest absolute Gasteiger partial charge is 0.330 e. The molecule has 0 saturated carbocycles. The van der Waals surface area contributed by atoms with Crippen molar-refractivity contribution in [2.24, 2.45) is 11.8 Å². The number of aliphatic carboxylic acids is 1. The second kappa shape index (κ2) is 7.46. The number of aliphatic hydroxyl groups is 1. The molecule has 0 amide bonds. The molecular formula is C12H22O3. The third kappa shape index (κ3) is 5.57. The zero-order valence-electron chi connectivity index (χ0n) is 9.86. The van der Waals surface area contributed by atoms with E-state index in [0.717, 1.165) is 19.3 Å². The van der Waals surface area contributed by atoms with Crippen LogP contribution in [0.25, 0.3) is 0 Å². The van der Waals surface area contributed by atoms with Gasteiger partial charge in [0.05, 0.1) is 0 Å². The van der Waals surface area contributed by atoms with E-state index in [4.69, 9.17) is 5.11 Å². The highest BCUT2D eigenvalue weighted by molar-refractivity contribution is 5.85. The van der Waals surface area contributed by atoms with E-state index >= 15 is 0 Å². The van der Waals surface area contributed by atoms with Crippen LogP contribution in [0.15, 0.2) is 11.6 Å². The van der Waals surface area contributed by atoms with Crippen molar-refractivity contribution >= 4 is 5.97 Å². The van der Waals surface area contributed by atoms with E-state index in [2.05, 4.69) is 6.92 Å². The van der Waals surface area contributed by atoms with Gasteiger partial charge in [0.2, 0.25) is 0 Å². The number of hydrogen-bond donors (Lipinski definition) is 2. The fraction of sp³-hybridized carbons (Fsp3) is 0.750. The average molecular weight is 214 g/mol. The van der Waals surface area contributed by atoms with Gasteiger partial charge in [0.15, 0.2) is 0 Å². The summed E-state index contributed by atoms with van der Waals surface area (Å²) in [6, 6.07) is 0. The monoisotopic (exact) mass is 214 g/mol. The Morgan fingerprint density at radius 2 is 2.07 bits per heavy atom. The number of carboxylic acids is 1. The minimum absolute atomic E-state index is 0.123. The number of rotatable bonds is 7. The Bertz CT molecular complexity index is 221. The molecule has 2 N–H and O–H groups in total. The van der Waals surface area contributed by atoms with Crippen molar-refractivity contribution in [3.8, 4) is 0 Å². The molecule has 3 heteroatoms. The minimum Gasteiger partial charge on any atom is -0.478 e. The van der Waals surface area contributed by atoms with Crippen molar-refractivity contribution in [3.05, 3.63) is 11.6 Å². The normalized spacial score (nSPS) is 16.1. The van der Waals surface area contributed by atoms with E-state index < -0.39 is 5.97 Å². The summed E-state index contributed by atoms with van der Waals surface area (Å²) >= 11 is 0. The molecule has 2 unspecified atom stereocenters. The molecule has 0 bridgehead atoms. The maximum Gasteiger partial charge on any atom is 0.330 e. The lowest BCUT2D eigenvalue weighted by Gasteiger charge is -2.19. The summed E-state index contributed by atoms with van der Waals surface area (Å²) in [4.78, 5) is 10.6. The molecular weight excluding hydrogens is 192 g/mol. The van der Waals surface area contributed by atoms with Crippen LogP contribution in [0.3, 0.4) is 0 Å². The molecule has 2 atom stereocenters. The van der Waals surface area contributed by atoms with Gasteiger partial charge in [-0.05, 0) is 25.2 Å². The lowest BCUT2D eigenvalue weighted by atomic mass is 9.88. The second-order valence-corrected chi connectivity index (χ2v) is 4.10. The molecule has 0 aliphatic heterocycles. The fourth-order valence-electron chi connectivity index (χ4n) is 1.59. The van der Waals surface area contributed by atoms with E-state index in [0.29, 0.717) is 5.57 Å². The van der Waals surface area contributed by atoms with Gasteiger partial charge in [-0.2, -0.15) is 0 Å². The van der Waals surface area contributed by atoms with Crippen molar-refractivity contribution in [3.63, 3.8) is 0 Å². The lowest BCUT2D eigenvalue weighted by molar-refractivity contribution is -0.132. The van der Waals surface area contributed by atoms with Gasteiger partial charge in [-0.3, -0.25) is 0 Å². The van der Waals surface area contributed by atoms with Gasteiger partial charge in [0.1, 0.15) is 0 Å². The highest BCUT2D eigenvalue weighted by Crippen LogP contribution is 2.20. The molecule has 0 aliphatic carbocycles. The molecule has 0 aromatic heterocycles. The number of allylic oxidation sites excluding steroid dienone is 1. The zero-order chi connectivity index (χ0) is 11.8. The predicted molar refractivity (Wildman–Crippen MR) is 60.7 cm³/mol. The molecule has 15 heavy (non-hydrogen) atoms. The quantitative estimate of drug-likeness (QED) is 0.640. The van der Waals surface area contributed by atoms with Crippen LogP contribution >= 0.6 is 0 Å². The molecule has 0 aromatic rings. The first-order valence-corrected chi connectivity index (χ1v) is 5.55. The van der Waals surface area contributed by atoms with Crippen LogP contribution in [0.5, 0.6) is 0 Å². The van der Waals surface area contributed by atoms with Gasteiger partial charge in [0, 0.05) is 12.2 Å². The molecule has 0 fully saturated rings. The highest BCUT2D eigenvalue weighted by atomic mass is 16.4. The molecule has 0 rings (SSSR count). The van der Waals surface area contributed by atoms with Gasteiger partial charge in [-0.25, -0.2) is 4.79 Å². The van der Waals surface area contributed by atoms with E-state index in [1.165, 1.54) is 0 Å². The van der Waals surface area contributed by atoms with Crippen LogP contribution < -0.4 is 0 Å². The van der Waals surface area contributed by atoms with Gasteiger partial charge >= 0.3 is 5.97 Å². The number of carboxylic acid groups (broad SMARTS) is 1. The van der Waals surface area contributed by atoms with Crippen LogP contribution in [0.4, 0.5) is 0 Å². The van der Waals surface area contributed by atoms with Crippen LogP contribution in [0.2, 0.25) is 0 Å². The molecule has 0 radical (unpaired) electrons. The van der Waals surface area contributed by atoms with Crippen molar-refractivity contribution in [1.29, 1.82) is 0 Å². The Balaban J connectivity index is 4.31. The maximum atomic E-state index is 10.6. The number of hydrogen-bond acceptors (Lipinski definition) is 2. The first-order chi connectivity index (χ1) is 7.02. The number of unbranched alkanes of at least 4 members (excludes halogenated alkanes) is 1. The van der Waals surface area contributed by atoms with Crippen molar-refractivity contribution in [2.75, 3.05) is 6.61 Å². The minimum atomic E-state index is -0.881. The highest BCUT2D eigenvalue weighted by Gasteiger charge is 2.15. The Hall–Kier alpha value is -0.830. The molecule has 0 spiro atoms. The second-order valence-electron chi connectivity index (χ2n) is 4.10. The first-order valence-electron chi connectivity index (χ1n) is 5.55. The van der Waals surface area contributed by atoms with Gasteiger partial charge in [0.25, 0.3) is 0 Å². The largest absolute Gasteiger partial charge is 0.478 e. The Morgan fingerprint density at radius 1 is 1.47 bits per heavy atom. The average Bonchev–Trinajstić information content (AvgIpc) is 2.18. The third-order valence-electron chi connectivity index (χ3n) is 2.76. The molecule has 0 heterocycles. The third-order valence-corrected chi connectivity index (χ3v) is 2.76. The maximum absolute atomic E-state index is 10.6. The van der Waals surface area contributed by atoms with Crippen LogP contribution in [0, 0.1) is 11.8 Å². The van der Waals surface area contributed by atoms with E-state index in [-0.39, 0.29) is 18.4 Å². The summed E-state index contributed by atoms with van der Waals surface area (Å²) in [5.74, 6) is -0.578. The summed E-state index contributed by atoms with van der Waals surface area (Å²) < 4.78 is 0. The summed E-state index contributed by atoms with van der Waals surface area (Å²) in [6.45, 7) is 5.79. The summed E-state index contributed by atoms with van der Waals surface area (Å²) in [7, 11) is 0.